The summed E-state index contributed by atoms with van der Waals surface area (Å²) in [4.78, 5) is 0. The van der Waals surface area contributed by atoms with Gasteiger partial charge in [0.1, 0.15) is 0 Å². The Bertz CT molecular complexity index is 2900. The zero-order valence-corrected chi connectivity index (χ0v) is 49.1. The van der Waals surface area contributed by atoms with Crippen LogP contribution in [0.25, 0.3) is 55.6 Å². The van der Waals surface area contributed by atoms with Crippen molar-refractivity contribution in [2.75, 3.05) is 0 Å². The van der Waals surface area contributed by atoms with Gasteiger partial charge >= 0.3 is 0 Å². The van der Waals surface area contributed by atoms with Crippen LogP contribution in [0.5, 0.6) is 0 Å². The fourth-order valence-corrected chi connectivity index (χ4v) is 15.3. The van der Waals surface area contributed by atoms with Gasteiger partial charge in [0.2, 0.25) is 0 Å². The number of nitriles is 1. The molecule has 0 heterocycles. The van der Waals surface area contributed by atoms with Crippen LogP contribution in [-0.4, -0.2) is 0 Å². The van der Waals surface area contributed by atoms with Gasteiger partial charge in [-0.15, -0.1) is 0 Å². The summed E-state index contributed by atoms with van der Waals surface area (Å²) < 4.78 is 0. The first-order valence-electron chi connectivity index (χ1n) is 32.1. The van der Waals surface area contributed by atoms with E-state index in [1.54, 1.807) is 22.3 Å². The predicted octanol–water partition coefficient (Wildman–Crippen LogP) is 23.5. The molecule has 9 rings (SSSR count). The number of nitrogens with zero attached hydrogens (tertiary/aromatic N) is 1. The molecule has 0 atom stereocenters. The first-order valence-corrected chi connectivity index (χ1v) is 32.1. The quantitative estimate of drug-likeness (QED) is 0.0386. The summed E-state index contributed by atoms with van der Waals surface area (Å²) in [6.07, 6.45) is 37.8. The molecule has 0 unspecified atom stereocenters. The van der Waals surface area contributed by atoms with E-state index >= 15 is 0 Å². The molecule has 406 valence electrons. The van der Waals surface area contributed by atoms with Crippen molar-refractivity contribution in [2.24, 2.45) is 0 Å². The molecule has 0 saturated heterocycles. The van der Waals surface area contributed by atoms with Crippen molar-refractivity contribution in [2.45, 2.75) is 250 Å². The van der Waals surface area contributed by atoms with Gasteiger partial charge in [-0.1, -0.05) is 275 Å². The van der Waals surface area contributed by atoms with E-state index in [1.165, 1.54) is 247 Å². The Balaban J connectivity index is 1.16. The summed E-state index contributed by atoms with van der Waals surface area (Å²) in [7, 11) is 0. The average Bonchev–Trinajstić information content (AvgIpc) is 4.26. The van der Waals surface area contributed by atoms with Gasteiger partial charge in [-0.25, -0.2) is 0 Å². The third-order valence-corrected chi connectivity index (χ3v) is 19.5. The van der Waals surface area contributed by atoms with Gasteiger partial charge in [-0.3, -0.25) is 0 Å². The molecule has 0 spiro atoms. The van der Waals surface area contributed by atoms with Crippen LogP contribution in [0.2, 0.25) is 0 Å². The van der Waals surface area contributed by atoms with Gasteiger partial charge in [0.15, 0.2) is 0 Å². The van der Waals surface area contributed by atoms with Crippen LogP contribution in [-0.2, 0) is 16.2 Å². The fraction of sp³-hybridized carbons (Fsp3) is 0.513. The van der Waals surface area contributed by atoms with Crippen molar-refractivity contribution in [3.63, 3.8) is 0 Å². The number of hydrogen-bond acceptors (Lipinski definition) is 1. The monoisotopic (exact) mass is 1020 g/mol. The second kappa shape index (κ2) is 26.6. The van der Waals surface area contributed by atoms with Crippen LogP contribution >= 0.6 is 0 Å². The van der Waals surface area contributed by atoms with Gasteiger partial charge in [-0.05, 0) is 164 Å². The molecule has 6 aromatic rings. The minimum atomic E-state index is -0.0786. The summed E-state index contributed by atoms with van der Waals surface area (Å²) in [6, 6.07) is 49.3. The second-order valence-corrected chi connectivity index (χ2v) is 24.6. The second-order valence-electron chi connectivity index (χ2n) is 24.6. The smallest absolute Gasteiger partial charge is 0.0991 e. The van der Waals surface area contributed by atoms with Crippen molar-refractivity contribution < 1.29 is 0 Å². The number of fused-ring (bicyclic) bond motifs is 9. The minimum absolute atomic E-state index is 0.0452. The Labute approximate surface area is 469 Å². The first-order chi connectivity index (χ1) is 37.9. The molecule has 0 N–H and O–H groups in total. The normalized spacial score (nSPS) is 14.7. The molecule has 3 aliphatic carbocycles. The number of unbranched alkanes of at least 4 members (excludes halogenated alkanes) is 18. The van der Waals surface area contributed by atoms with E-state index in [2.05, 4.69) is 163 Å². The molecule has 0 aliphatic heterocycles. The summed E-state index contributed by atoms with van der Waals surface area (Å²) in [5, 5.41) is 10.3. The van der Waals surface area contributed by atoms with E-state index in [4.69, 9.17) is 0 Å². The Morgan fingerprint density at radius 3 is 0.831 bits per heavy atom. The summed E-state index contributed by atoms with van der Waals surface area (Å²) in [5.74, 6) is 0. The molecule has 0 saturated carbocycles. The maximum Gasteiger partial charge on any atom is 0.0991 e. The zero-order valence-electron chi connectivity index (χ0n) is 49.1. The van der Waals surface area contributed by atoms with Gasteiger partial charge in [-0.2, -0.15) is 5.26 Å². The van der Waals surface area contributed by atoms with E-state index in [0.29, 0.717) is 0 Å². The molecule has 0 fully saturated rings. The van der Waals surface area contributed by atoms with Crippen molar-refractivity contribution in [1.29, 1.82) is 5.26 Å². The maximum absolute atomic E-state index is 10.3. The van der Waals surface area contributed by atoms with Gasteiger partial charge in [0, 0.05) is 16.2 Å². The summed E-state index contributed by atoms with van der Waals surface area (Å²) in [6.45, 7) is 14.1. The topological polar surface area (TPSA) is 23.8 Å². The molecule has 0 radical (unpaired) electrons. The van der Waals surface area contributed by atoms with Crippen molar-refractivity contribution >= 4 is 0 Å². The molecule has 6 aromatic carbocycles. The third kappa shape index (κ3) is 11.5. The molecular weight excluding hydrogens is 927 g/mol. The lowest BCUT2D eigenvalue weighted by Crippen LogP contribution is -2.26. The first kappa shape index (κ1) is 56.5. The molecule has 1 heteroatoms. The van der Waals surface area contributed by atoms with Crippen molar-refractivity contribution in [3.05, 3.63) is 154 Å². The summed E-state index contributed by atoms with van der Waals surface area (Å²) in [5.41, 5.74) is 24.1. The van der Waals surface area contributed by atoms with Crippen LogP contribution in [0.15, 0.2) is 115 Å². The molecule has 0 bridgehead atoms. The number of benzene rings is 6. The van der Waals surface area contributed by atoms with Crippen LogP contribution in [0.4, 0.5) is 0 Å². The zero-order chi connectivity index (χ0) is 53.7. The standard InChI is InChI=1S/C76H97N/c1-7-13-19-27-45-74(46-28-20-14-8-2)68-34-26-25-33-62(68)64-41-36-58(52-70(64)74)60-38-43-66-67-44-39-61(55-73(67)76(72(66)54-60,49-31-23-17-11-5)50-32-24-18-12-6)59-37-42-65-63-40-35-57(56-77)51-69(63)75(71(65)53-59,47-29-21-15-9-3)48-30-22-16-10-4/h25-26,33-44,51-55H,7-24,27-32,45-50H2,1-6H3. The Kier molecular flexibility index (Phi) is 19.6. The molecule has 0 amide bonds. The van der Waals surface area contributed by atoms with Crippen molar-refractivity contribution in [1.82, 2.24) is 0 Å². The molecule has 77 heavy (non-hydrogen) atoms. The molecule has 3 aliphatic rings. The van der Waals surface area contributed by atoms with E-state index < -0.39 is 0 Å². The van der Waals surface area contributed by atoms with E-state index in [1.807, 2.05) is 0 Å². The number of rotatable bonds is 32. The Hall–Kier alpha value is -5.19. The molecular formula is C76H97N. The highest BCUT2D eigenvalue weighted by atomic mass is 14.5. The van der Waals surface area contributed by atoms with Crippen LogP contribution in [0, 0.1) is 11.3 Å². The van der Waals surface area contributed by atoms with Crippen LogP contribution in [0.3, 0.4) is 0 Å². The maximum atomic E-state index is 10.3. The highest BCUT2D eigenvalue weighted by Gasteiger charge is 2.46. The Morgan fingerprint density at radius 2 is 0.532 bits per heavy atom. The molecule has 1 nitrogen and oxygen atoms in total. The van der Waals surface area contributed by atoms with Crippen LogP contribution < -0.4 is 0 Å². The largest absolute Gasteiger partial charge is 0.192 e. The lowest BCUT2D eigenvalue weighted by molar-refractivity contribution is 0.400. The van der Waals surface area contributed by atoms with Crippen molar-refractivity contribution in [3.8, 4) is 61.7 Å². The lowest BCUT2D eigenvalue weighted by atomic mass is 9.69. The average molecular weight is 1020 g/mol. The molecule has 0 aromatic heterocycles. The van der Waals surface area contributed by atoms with Gasteiger partial charge < -0.3 is 0 Å². The fourth-order valence-electron chi connectivity index (χ4n) is 15.3. The highest BCUT2D eigenvalue weighted by molar-refractivity contribution is 5.89. The van der Waals surface area contributed by atoms with Gasteiger partial charge in [0.25, 0.3) is 0 Å². The number of hydrogen-bond donors (Lipinski definition) is 0. The minimum Gasteiger partial charge on any atom is -0.192 e. The van der Waals surface area contributed by atoms with Crippen LogP contribution in [0.1, 0.15) is 273 Å². The highest BCUT2D eigenvalue weighted by Crippen LogP contribution is 2.59. The van der Waals surface area contributed by atoms with E-state index in [9.17, 15) is 5.26 Å². The lowest BCUT2D eigenvalue weighted by Gasteiger charge is -2.34. The van der Waals surface area contributed by atoms with E-state index in [-0.39, 0.29) is 16.2 Å². The summed E-state index contributed by atoms with van der Waals surface area (Å²) >= 11 is 0. The SMILES string of the molecule is CCCCCCC1(CCCCCC)c2ccccc2-c2ccc(-c3ccc4c(c3)C(CCCCCC)(CCCCCC)c3cc(-c5ccc6c(c5)C(CCCCCC)(CCCCCC)c5cc(C#N)ccc5-6)ccc3-4)cc21. The predicted molar refractivity (Wildman–Crippen MR) is 333 cm³/mol. The Morgan fingerprint density at radius 1 is 0.273 bits per heavy atom. The van der Waals surface area contributed by atoms with Gasteiger partial charge in [0.05, 0.1) is 11.6 Å². The third-order valence-electron chi connectivity index (χ3n) is 19.5. The van der Waals surface area contributed by atoms with E-state index in [0.717, 1.165) is 18.4 Å².